The highest BCUT2D eigenvalue weighted by Crippen LogP contribution is 2.70. The maximum Gasteiger partial charge on any atom is 0.187 e. The molecule has 0 aromatic carbocycles. The second-order valence-corrected chi connectivity index (χ2v) is 15.3. The van der Waals surface area contributed by atoms with Crippen LogP contribution in [0, 0.1) is 40.4 Å². The van der Waals surface area contributed by atoms with Crippen molar-refractivity contribution in [1.82, 2.24) is 0 Å². The Morgan fingerprint density at radius 2 is 1.81 bits per heavy atom. The number of allylic oxidation sites excluding steroid dienone is 1. The van der Waals surface area contributed by atoms with Crippen LogP contribution < -0.4 is 0 Å². The lowest BCUT2D eigenvalue weighted by Gasteiger charge is -2.59. The van der Waals surface area contributed by atoms with Crippen molar-refractivity contribution in [1.29, 1.82) is 0 Å². The summed E-state index contributed by atoms with van der Waals surface area (Å²) in [5, 5.41) is 62.3. The van der Waals surface area contributed by atoms with Crippen LogP contribution in [0.25, 0.3) is 0 Å². The summed E-state index contributed by atoms with van der Waals surface area (Å²) in [6.45, 7) is 10.7. The van der Waals surface area contributed by atoms with Crippen LogP contribution in [0.2, 0.25) is 0 Å². The van der Waals surface area contributed by atoms with Crippen molar-refractivity contribution >= 4 is 0 Å². The van der Waals surface area contributed by atoms with Gasteiger partial charge in [-0.25, -0.2) is 0 Å². The molecule has 10 nitrogen and oxygen atoms in total. The summed E-state index contributed by atoms with van der Waals surface area (Å²) in [5.41, 5.74) is 1.69. The SMILES string of the molecule is C=C1CO[C@]2(C[C@@H]1O[C@@H]1O[C@H](CO)[C@@H](O)[C@H](O)[C@H]1O)O[C@H]1C[C@H]3[C@@H]4CC=C5C[C@@H](O)C[C@@H](O)[C@]5(C)[C@H]4CC[C@]3(C)[C@H]1[C@@H]2C. The molecule has 0 unspecified atom stereocenters. The first-order valence-corrected chi connectivity index (χ1v) is 16.3. The van der Waals surface area contributed by atoms with Gasteiger partial charge in [0.25, 0.3) is 0 Å². The summed E-state index contributed by atoms with van der Waals surface area (Å²) in [7, 11) is 0. The standard InChI is InChI=1S/C33H50O10/c1-15-14-40-33(12-23(15)41-30-29(39)28(38)27(37)24(13-34)42-30)16(2)26-22(43-33)11-21-19-6-5-17-9-18(35)10-25(36)32(17,4)20(19)7-8-31(21,26)3/h5,16,18-30,34-39H,1,6-14H2,2-4H3/t16-,18+,19+,20-,21-,22-,23-,24+,25+,26-,27+,28-,29+,30+,31-,32-,33+/m0/s1. The molecule has 0 radical (unpaired) electrons. The molecule has 3 saturated carbocycles. The van der Waals surface area contributed by atoms with Gasteiger partial charge < -0.3 is 49.6 Å². The van der Waals surface area contributed by atoms with Crippen molar-refractivity contribution in [3.05, 3.63) is 23.8 Å². The number of hydrogen-bond acceptors (Lipinski definition) is 10. The molecule has 6 fully saturated rings. The van der Waals surface area contributed by atoms with Gasteiger partial charge in [-0.05, 0) is 66.8 Å². The van der Waals surface area contributed by atoms with E-state index in [-0.39, 0.29) is 35.4 Å². The van der Waals surface area contributed by atoms with Crippen LogP contribution in [0.5, 0.6) is 0 Å². The number of hydrogen-bond donors (Lipinski definition) is 6. The molecule has 4 aliphatic carbocycles. The molecular formula is C33H50O10. The lowest BCUT2D eigenvalue weighted by Crippen LogP contribution is -2.60. The van der Waals surface area contributed by atoms with Gasteiger partial charge in [0.05, 0.1) is 37.6 Å². The van der Waals surface area contributed by atoms with Crippen molar-refractivity contribution in [2.24, 2.45) is 40.4 Å². The number of aliphatic hydroxyl groups excluding tert-OH is 6. The van der Waals surface area contributed by atoms with E-state index in [0.29, 0.717) is 42.6 Å². The Bertz CT molecular complexity index is 1140. The molecule has 0 aromatic heterocycles. The first-order valence-electron chi connectivity index (χ1n) is 16.3. The molecule has 0 amide bonds. The normalized spacial score (nSPS) is 58.0. The molecule has 7 aliphatic rings. The molecule has 10 heteroatoms. The first kappa shape index (κ1) is 30.7. The Hall–Kier alpha value is -0.920. The zero-order valence-corrected chi connectivity index (χ0v) is 25.5. The molecule has 0 aromatic rings. The zero-order chi connectivity index (χ0) is 30.6. The van der Waals surface area contributed by atoms with Crippen molar-refractivity contribution in [2.75, 3.05) is 13.2 Å². The number of rotatable bonds is 3. The van der Waals surface area contributed by atoms with E-state index in [1.54, 1.807) is 0 Å². The van der Waals surface area contributed by atoms with Crippen molar-refractivity contribution < 1.29 is 49.6 Å². The highest BCUT2D eigenvalue weighted by molar-refractivity contribution is 5.28. The Morgan fingerprint density at radius 1 is 1.05 bits per heavy atom. The number of ether oxygens (including phenoxy) is 4. The third kappa shape index (κ3) is 4.35. The predicted octanol–water partition coefficient (Wildman–Crippen LogP) is 1.40. The van der Waals surface area contributed by atoms with E-state index in [9.17, 15) is 30.6 Å². The Morgan fingerprint density at radius 3 is 2.56 bits per heavy atom. The molecule has 1 spiro atoms. The van der Waals surface area contributed by atoms with E-state index in [4.69, 9.17) is 18.9 Å². The minimum Gasteiger partial charge on any atom is -0.394 e. The Balaban J connectivity index is 1.09. The summed E-state index contributed by atoms with van der Waals surface area (Å²) < 4.78 is 25.2. The van der Waals surface area contributed by atoms with Gasteiger partial charge in [0.1, 0.15) is 24.4 Å². The van der Waals surface area contributed by atoms with Gasteiger partial charge in [0.2, 0.25) is 0 Å². The van der Waals surface area contributed by atoms with E-state index in [0.717, 1.165) is 25.7 Å². The maximum atomic E-state index is 11.3. The highest BCUT2D eigenvalue weighted by atomic mass is 16.7. The predicted molar refractivity (Wildman–Crippen MR) is 153 cm³/mol. The number of aliphatic hydroxyl groups is 6. The summed E-state index contributed by atoms with van der Waals surface area (Å²) in [5.74, 6) is 0.787. The third-order valence-electron chi connectivity index (χ3n) is 13.4. The monoisotopic (exact) mass is 606 g/mol. The van der Waals surface area contributed by atoms with Crippen LogP contribution >= 0.6 is 0 Å². The van der Waals surface area contributed by atoms with Crippen LogP contribution in [0.3, 0.4) is 0 Å². The molecule has 17 atom stereocenters. The smallest absolute Gasteiger partial charge is 0.187 e. The second-order valence-electron chi connectivity index (χ2n) is 15.3. The molecule has 3 saturated heterocycles. The van der Waals surface area contributed by atoms with Gasteiger partial charge in [-0.1, -0.05) is 39.0 Å². The fourth-order valence-electron chi connectivity index (χ4n) is 11.0. The minimum absolute atomic E-state index is 0.0271. The van der Waals surface area contributed by atoms with Crippen LogP contribution in [0.4, 0.5) is 0 Å². The molecule has 3 heterocycles. The summed E-state index contributed by atoms with van der Waals surface area (Å²) in [4.78, 5) is 0. The van der Waals surface area contributed by atoms with E-state index in [2.05, 4.69) is 33.4 Å². The number of fused-ring (bicyclic) bond motifs is 7. The highest BCUT2D eigenvalue weighted by Gasteiger charge is 2.69. The lowest BCUT2D eigenvalue weighted by atomic mass is 9.46. The molecule has 43 heavy (non-hydrogen) atoms. The Kier molecular flexibility index (Phi) is 7.54. The van der Waals surface area contributed by atoms with Gasteiger partial charge in [0, 0.05) is 24.2 Å². The van der Waals surface area contributed by atoms with Crippen molar-refractivity contribution in [3.63, 3.8) is 0 Å². The van der Waals surface area contributed by atoms with Gasteiger partial charge in [0.15, 0.2) is 12.1 Å². The lowest BCUT2D eigenvalue weighted by molar-refractivity contribution is -0.327. The average Bonchev–Trinajstić information content (AvgIpc) is 3.41. The van der Waals surface area contributed by atoms with E-state index in [1.807, 2.05) is 0 Å². The molecule has 0 bridgehead atoms. The van der Waals surface area contributed by atoms with Gasteiger partial charge in [-0.2, -0.15) is 0 Å². The van der Waals surface area contributed by atoms with E-state index >= 15 is 0 Å². The Labute approximate surface area is 253 Å². The van der Waals surface area contributed by atoms with E-state index < -0.39 is 61.4 Å². The second kappa shape index (κ2) is 10.6. The molecule has 3 aliphatic heterocycles. The van der Waals surface area contributed by atoms with Crippen LogP contribution in [-0.4, -0.2) is 105 Å². The molecule has 7 rings (SSSR count). The van der Waals surface area contributed by atoms with Gasteiger partial charge in [-0.15, -0.1) is 0 Å². The quantitative estimate of drug-likeness (QED) is 0.260. The topological polar surface area (TPSA) is 158 Å². The van der Waals surface area contributed by atoms with Gasteiger partial charge >= 0.3 is 0 Å². The zero-order valence-electron chi connectivity index (χ0n) is 25.5. The van der Waals surface area contributed by atoms with Crippen LogP contribution in [0.1, 0.15) is 65.7 Å². The largest absolute Gasteiger partial charge is 0.394 e. The molecule has 242 valence electrons. The molecular weight excluding hydrogens is 556 g/mol. The third-order valence-corrected chi connectivity index (χ3v) is 13.4. The van der Waals surface area contributed by atoms with Crippen LogP contribution in [-0.2, 0) is 18.9 Å². The molecule has 6 N–H and O–H groups in total. The summed E-state index contributed by atoms with van der Waals surface area (Å²) >= 11 is 0. The summed E-state index contributed by atoms with van der Waals surface area (Å²) in [6, 6.07) is 0. The minimum atomic E-state index is -1.52. The van der Waals surface area contributed by atoms with E-state index in [1.165, 1.54) is 5.57 Å². The van der Waals surface area contributed by atoms with Crippen LogP contribution in [0.15, 0.2) is 23.8 Å². The maximum absolute atomic E-state index is 11.3. The van der Waals surface area contributed by atoms with Crippen molar-refractivity contribution in [2.45, 2.75) is 127 Å². The summed E-state index contributed by atoms with van der Waals surface area (Å²) in [6.07, 6.45) is -0.451. The van der Waals surface area contributed by atoms with Crippen molar-refractivity contribution in [3.8, 4) is 0 Å². The first-order chi connectivity index (χ1) is 20.3. The average molecular weight is 607 g/mol. The fraction of sp³-hybridized carbons (Fsp3) is 0.879. The van der Waals surface area contributed by atoms with Gasteiger partial charge in [-0.3, -0.25) is 0 Å². The fourth-order valence-corrected chi connectivity index (χ4v) is 11.0.